The van der Waals surface area contributed by atoms with E-state index in [2.05, 4.69) is 5.10 Å². The van der Waals surface area contributed by atoms with Gasteiger partial charge in [0, 0.05) is 0 Å². The van der Waals surface area contributed by atoms with E-state index in [9.17, 15) is 17.7 Å². The minimum Gasteiger partial charge on any atom is -0.341 e. The maximum Gasteiger partial charge on any atom is 0.436 e. The molecule has 80 valence electrons. The van der Waals surface area contributed by atoms with Crippen LogP contribution in [0.5, 0.6) is 0 Å². The molecule has 0 aromatic carbocycles. The Labute approximate surface area is 76.0 Å². The van der Waals surface area contributed by atoms with E-state index in [1.165, 1.54) is 0 Å². The fourth-order valence-electron chi connectivity index (χ4n) is 1.42. The maximum atomic E-state index is 12.6. The molecule has 0 N–H and O–H groups in total. The van der Waals surface area contributed by atoms with Crippen LogP contribution in [0.15, 0.2) is 5.10 Å². The number of hydrogen-bond donors (Lipinski definition) is 0. The molecule has 4 nitrogen and oxygen atoms in total. The van der Waals surface area contributed by atoms with Gasteiger partial charge in [-0.05, 0) is 0 Å². The summed E-state index contributed by atoms with van der Waals surface area (Å²) >= 11 is 0. The number of nitrogens with zero attached hydrogens (tertiary/aromatic N) is 2. The van der Waals surface area contributed by atoms with Crippen molar-refractivity contribution in [1.29, 1.82) is 0 Å². The van der Waals surface area contributed by atoms with E-state index in [4.69, 9.17) is 9.47 Å². The summed E-state index contributed by atoms with van der Waals surface area (Å²) in [5.74, 6) is -2.06. The second-order valence-electron chi connectivity index (χ2n) is 2.89. The molecule has 2 aliphatic heterocycles. The summed E-state index contributed by atoms with van der Waals surface area (Å²) in [5.41, 5.74) is -1.37. The van der Waals surface area contributed by atoms with Crippen LogP contribution < -0.4 is 0 Å². The predicted molar refractivity (Wildman–Crippen MR) is 35.9 cm³/mol. The second kappa shape index (κ2) is 2.80. The van der Waals surface area contributed by atoms with E-state index in [1.54, 1.807) is 0 Å². The smallest absolute Gasteiger partial charge is 0.341 e. The van der Waals surface area contributed by atoms with Gasteiger partial charge >= 0.3 is 6.18 Å². The molecular weight excluding hydrogens is 208 g/mol. The third-order valence-corrected chi connectivity index (χ3v) is 1.93. The quantitative estimate of drug-likeness (QED) is 0.442. The van der Waals surface area contributed by atoms with Crippen LogP contribution in [0, 0.1) is 0 Å². The summed E-state index contributed by atoms with van der Waals surface area (Å²) in [5, 5.41) is 2.38. The Balaban J connectivity index is 2.31. The predicted octanol–water partition coefficient (Wildman–Crippen LogP) is 0.848. The Morgan fingerprint density at radius 1 is 1.29 bits per heavy atom. The van der Waals surface area contributed by atoms with Crippen molar-refractivity contribution < 1.29 is 27.1 Å². The zero-order valence-corrected chi connectivity index (χ0v) is 6.84. The first-order valence-corrected chi connectivity index (χ1v) is 3.81. The molecule has 0 radical (unpaired) electrons. The van der Waals surface area contributed by atoms with E-state index < -0.39 is 24.2 Å². The van der Waals surface area contributed by atoms with Crippen molar-refractivity contribution in [2.75, 3.05) is 19.8 Å². The first kappa shape index (κ1) is 9.66. The molecular formula is C6H6F4N2O2. The largest absolute Gasteiger partial charge is 0.436 e. The van der Waals surface area contributed by atoms with E-state index >= 15 is 0 Å². The highest BCUT2D eigenvalue weighted by Crippen LogP contribution is 2.36. The van der Waals surface area contributed by atoms with Crippen LogP contribution >= 0.6 is 0 Å². The molecule has 8 heteroatoms. The summed E-state index contributed by atoms with van der Waals surface area (Å²) in [6, 6.07) is 0. The van der Waals surface area contributed by atoms with Crippen molar-refractivity contribution in [3.8, 4) is 0 Å². The van der Waals surface area contributed by atoms with Gasteiger partial charge in [-0.25, -0.2) is 0 Å². The molecule has 0 aromatic rings. The zero-order valence-electron chi connectivity index (χ0n) is 6.84. The van der Waals surface area contributed by atoms with Crippen molar-refractivity contribution in [3.63, 3.8) is 0 Å². The van der Waals surface area contributed by atoms with Gasteiger partial charge in [-0.2, -0.15) is 13.2 Å². The molecule has 0 atom stereocenters. The molecule has 1 fully saturated rings. The van der Waals surface area contributed by atoms with Crippen LogP contribution in [0.4, 0.5) is 17.7 Å². The van der Waals surface area contributed by atoms with Crippen LogP contribution in [-0.2, 0) is 9.47 Å². The molecule has 0 saturated carbocycles. The van der Waals surface area contributed by atoms with Gasteiger partial charge in [-0.3, -0.25) is 0 Å². The van der Waals surface area contributed by atoms with Gasteiger partial charge < -0.3 is 9.47 Å². The highest BCUT2D eigenvalue weighted by molar-refractivity contribution is 5.97. The fourth-order valence-corrected chi connectivity index (χ4v) is 1.42. The summed E-state index contributed by atoms with van der Waals surface area (Å²) in [6.07, 6.45) is -4.74. The summed E-state index contributed by atoms with van der Waals surface area (Å²) in [7, 11) is 0. The van der Waals surface area contributed by atoms with Gasteiger partial charge in [0.25, 0.3) is 0 Å². The maximum absolute atomic E-state index is 12.6. The van der Waals surface area contributed by atoms with Crippen LogP contribution in [0.2, 0.25) is 0 Å². The average molecular weight is 214 g/mol. The van der Waals surface area contributed by atoms with Crippen molar-refractivity contribution in [3.05, 3.63) is 0 Å². The Hall–Kier alpha value is -0.890. The Morgan fingerprint density at radius 2 is 1.86 bits per heavy atom. The van der Waals surface area contributed by atoms with Gasteiger partial charge in [0.15, 0.2) is 0 Å². The summed E-state index contributed by atoms with van der Waals surface area (Å²) < 4.78 is 59.1. The molecule has 2 rings (SSSR count). The van der Waals surface area contributed by atoms with Gasteiger partial charge in [0.05, 0.1) is 13.2 Å². The van der Waals surface area contributed by atoms with Gasteiger partial charge in [-0.1, -0.05) is 4.48 Å². The lowest BCUT2D eigenvalue weighted by Crippen LogP contribution is -2.48. The standard InChI is InChI=1S/C6H6F4N2O2/c7-6(8,9)4-5(3-12(10)11-4)13-1-2-14-5/h1-3H2. The highest BCUT2D eigenvalue weighted by Gasteiger charge is 2.59. The lowest BCUT2D eigenvalue weighted by molar-refractivity contribution is -0.146. The Morgan fingerprint density at radius 3 is 2.36 bits per heavy atom. The van der Waals surface area contributed by atoms with Crippen molar-refractivity contribution in [2.45, 2.75) is 12.0 Å². The Kier molecular flexibility index (Phi) is 1.93. The Bertz CT molecular complexity index is 271. The van der Waals surface area contributed by atoms with Crippen LogP contribution in [0.1, 0.15) is 0 Å². The SMILES string of the molecule is FN1CC2(OCCO2)C(C(F)(F)F)=N1. The summed E-state index contributed by atoms with van der Waals surface area (Å²) in [6.45, 7) is -0.673. The van der Waals surface area contributed by atoms with Crippen LogP contribution in [0.3, 0.4) is 0 Å². The molecule has 14 heavy (non-hydrogen) atoms. The van der Waals surface area contributed by atoms with Crippen molar-refractivity contribution in [1.82, 2.24) is 5.23 Å². The summed E-state index contributed by atoms with van der Waals surface area (Å²) in [4.78, 5) is 0. The lowest BCUT2D eigenvalue weighted by atomic mass is 10.1. The molecule has 2 aliphatic rings. The minimum absolute atomic E-state index is 0.00292. The molecule has 1 saturated heterocycles. The number of ether oxygens (including phenoxy) is 2. The number of hydrogen-bond acceptors (Lipinski definition) is 4. The van der Waals surface area contributed by atoms with Crippen molar-refractivity contribution >= 4 is 5.71 Å². The number of alkyl halides is 3. The van der Waals surface area contributed by atoms with E-state index in [0.717, 1.165) is 0 Å². The number of halogens is 4. The van der Waals surface area contributed by atoms with E-state index in [-0.39, 0.29) is 18.4 Å². The molecule has 0 aliphatic carbocycles. The van der Waals surface area contributed by atoms with Gasteiger partial charge in [-0.15, -0.1) is 10.3 Å². The normalized spacial score (nSPS) is 26.0. The van der Waals surface area contributed by atoms with E-state index in [0.29, 0.717) is 0 Å². The monoisotopic (exact) mass is 214 g/mol. The molecule has 2 heterocycles. The molecule has 0 unspecified atom stereocenters. The average Bonchev–Trinajstić information content (AvgIpc) is 2.59. The van der Waals surface area contributed by atoms with E-state index in [1.807, 2.05) is 0 Å². The third-order valence-electron chi connectivity index (χ3n) is 1.93. The van der Waals surface area contributed by atoms with Gasteiger partial charge in [0.2, 0.25) is 11.5 Å². The second-order valence-corrected chi connectivity index (χ2v) is 2.89. The highest BCUT2D eigenvalue weighted by atomic mass is 19.4. The molecule has 1 spiro atoms. The van der Waals surface area contributed by atoms with Gasteiger partial charge in [0.1, 0.15) is 6.54 Å². The van der Waals surface area contributed by atoms with Crippen LogP contribution in [0.25, 0.3) is 0 Å². The first-order chi connectivity index (χ1) is 6.44. The fraction of sp³-hybridized carbons (Fsp3) is 0.833. The lowest BCUT2D eigenvalue weighted by Gasteiger charge is -2.22. The molecule has 0 amide bonds. The third kappa shape index (κ3) is 1.34. The van der Waals surface area contributed by atoms with Crippen molar-refractivity contribution in [2.24, 2.45) is 5.10 Å². The molecule has 0 bridgehead atoms. The first-order valence-electron chi connectivity index (χ1n) is 3.81. The van der Waals surface area contributed by atoms with Crippen LogP contribution in [-0.4, -0.2) is 42.7 Å². The minimum atomic E-state index is -4.74. The molecule has 0 aromatic heterocycles. The number of rotatable bonds is 0. The number of hydrazone groups is 1. The topological polar surface area (TPSA) is 34.1 Å². The zero-order chi connectivity index (χ0) is 10.4.